The molecule has 0 unspecified atom stereocenters. The topological polar surface area (TPSA) is 54.4 Å². The van der Waals surface area contributed by atoms with E-state index in [0.29, 0.717) is 16.9 Å². The van der Waals surface area contributed by atoms with Gasteiger partial charge in [0.15, 0.2) is 5.78 Å². The fraction of sp³-hybridized carbons (Fsp3) is 0.125. The van der Waals surface area contributed by atoms with Crippen LogP contribution in [0, 0.1) is 0 Å². The quantitative estimate of drug-likeness (QED) is 0.767. The van der Waals surface area contributed by atoms with E-state index in [1.54, 1.807) is 30.3 Å². The zero-order valence-corrected chi connectivity index (χ0v) is 13.7. The Balaban J connectivity index is 2.28. The minimum absolute atomic E-state index is 0.0974. The molecule has 0 aromatic heterocycles. The van der Waals surface area contributed by atoms with Crippen LogP contribution in [0.4, 0.5) is 0 Å². The maximum Gasteiger partial charge on any atom is 0.336 e. The molecule has 0 aliphatic heterocycles. The molecule has 21 heavy (non-hydrogen) atoms. The van der Waals surface area contributed by atoms with Crippen LogP contribution >= 0.6 is 27.7 Å². The van der Waals surface area contributed by atoms with Crippen LogP contribution in [0.3, 0.4) is 0 Å². The minimum Gasteiger partial charge on any atom is -0.478 e. The lowest BCUT2D eigenvalue weighted by atomic mass is 10.1. The molecule has 5 heteroatoms. The van der Waals surface area contributed by atoms with Gasteiger partial charge in [-0.1, -0.05) is 46.7 Å². The van der Waals surface area contributed by atoms with E-state index in [1.807, 2.05) is 19.1 Å². The Bertz CT molecular complexity index is 680. The molecule has 2 rings (SSSR count). The van der Waals surface area contributed by atoms with E-state index in [0.717, 1.165) is 9.37 Å². The summed E-state index contributed by atoms with van der Waals surface area (Å²) in [5.41, 5.74) is 0.937. The summed E-state index contributed by atoms with van der Waals surface area (Å²) < 4.78 is 0.827. The fourth-order valence-corrected chi connectivity index (χ4v) is 3.29. The Kier molecular flexibility index (Phi) is 5.20. The lowest BCUT2D eigenvalue weighted by Crippen LogP contribution is -1.98. The molecule has 0 aliphatic carbocycles. The van der Waals surface area contributed by atoms with Crippen LogP contribution in [0.25, 0.3) is 0 Å². The zero-order valence-electron chi connectivity index (χ0n) is 11.3. The highest BCUT2D eigenvalue weighted by molar-refractivity contribution is 9.10. The number of carboxylic acid groups (broad SMARTS) is 1. The molecule has 0 fully saturated rings. The second kappa shape index (κ2) is 6.91. The maximum atomic E-state index is 11.6. The van der Waals surface area contributed by atoms with Crippen molar-refractivity contribution < 1.29 is 14.7 Å². The Labute approximate surface area is 135 Å². The number of benzene rings is 2. The Morgan fingerprint density at radius 1 is 1.14 bits per heavy atom. The number of Topliss-reactive ketones (excluding diaryl/α,β-unsaturated/α-hetero) is 1. The highest BCUT2D eigenvalue weighted by Gasteiger charge is 2.12. The first kappa shape index (κ1) is 15.8. The van der Waals surface area contributed by atoms with Crippen molar-refractivity contribution in [3.63, 3.8) is 0 Å². The summed E-state index contributed by atoms with van der Waals surface area (Å²) in [5, 5.41) is 9.21. The smallest absolute Gasteiger partial charge is 0.336 e. The van der Waals surface area contributed by atoms with Crippen molar-refractivity contribution >= 4 is 39.4 Å². The largest absolute Gasteiger partial charge is 0.478 e. The normalized spacial score (nSPS) is 10.4. The standard InChI is InChI=1S/C16H13BrO3S/c1-2-14(18)10-3-6-12(7-4-10)21-15-9-11(17)5-8-13(15)16(19)20/h3-9H,2H2,1H3,(H,19,20). The van der Waals surface area contributed by atoms with Crippen molar-refractivity contribution in [2.45, 2.75) is 23.1 Å². The van der Waals surface area contributed by atoms with E-state index in [1.165, 1.54) is 11.8 Å². The van der Waals surface area contributed by atoms with Gasteiger partial charge >= 0.3 is 5.97 Å². The van der Waals surface area contributed by atoms with Gasteiger partial charge in [0.2, 0.25) is 0 Å². The van der Waals surface area contributed by atoms with Crippen molar-refractivity contribution in [1.29, 1.82) is 0 Å². The van der Waals surface area contributed by atoms with Crippen LogP contribution in [-0.2, 0) is 0 Å². The monoisotopic (exact) mass is 364 g/mol. The van der Waals surface area contributed by atoms with Gasteiger partial charge in [-0.15, -0.1) is 0 Å². The van der Waals surface area contributed by atoms with E-state index in [2.05, 4.69) is 15.9 Å². The predicted octanol–water partition coefficient (Wildman–Crippen LogP) is 4.89. The number of ketones is 1. The number of aromatic carboxylic acids is 1. The molecule has 0 spiro atoms. The molecule has 0 amide bonds. The average molecular weight is 365 g/mol. The molecule has 3 nitrogen and oxygen atoms in total. The van der Waals surface area contributed by atoms with Crippen molar-refractivity contribution in [2.24, 2.45) is 0 Å². The van der Waals surface area contributed by atoms with E-state index >= 15 is 0 Å². The highest BCUT2D eigenvalue weighted by Crippen LogP contribution is 2.32. The molecule has 0 heterocycles. The van der Waals surface area contributed by atoms with Crippen LogP contribution in [-0.4, -0.2) is 16.9 Å². The van der Waals surface area contributed by atoms with Gasteiger partial charge in [-0.25, -0.2) is 4.79 Å². The molecular weight excluding hydrogens is 352 g/mol. The summed E-state index contributed by atoms with van der Waals surface area (Å²) in [5.74, 6) is -0.858. The Hall–Kier alpha value is -1.59. The summed E-state index contributed by atoms with van der Waals surface area (Å²) in [4.78, 5) is 24.4. The van der Waals surface area contributed by atoms with Gasteiger partial charge in [-0.2, -0.15) is 0 Å². The molecule has 0 bridgehead atoms. The number of rotatable bonds is 5. The number of hydrogen-bond acceptors (Lipinski definition) is 3. The van der Waals surface area contributed by atoms with Crippen LogP contribution in [0.2, 0.25) is 0 Å². The molecular formula is C16H13BrO3S. The van der Waals surface area contributed by atoms with Gasteiger partial charge < -0.3 is 5.11 Å². The third kappa shape index (κ3) is 3.95. The Morgan fingerprint density at radius 3 is 2.38 bits per heavy atom. The van der Waals surface area contributed by atoms with Crippen molar-refractivity contribution in [2.75, 3.05) is 0 Å². The summed E-state index contributed by atoms with van der Waals surface area (Å²) in [6, 6.07) is 12.3. The average Bonchev–Trinajstić information content (AvgIpc) is 2.47. The molecule has 0 saturated heterocycles. The van der Waals surface area contributed by atoms with Gasteiger partial charge in [0.1, 0.15) is 0 Å². The highest BCUT2D eigenvalue weighted by atomic mass is 79.9. The number of carboxylic acids is 1. The molecule has 2 aromatic carbocycles. The van der Waals surface area contributed by atoms with E-state index in [9.17, 15) is 14.7 Å². The molecule has 0 radical (unpaired) electrons. The molecule has 0 saturated carbocycles. The van der Waals surface area contributed by atoms with Crippen LogP contribution in [0.5, 0.6) is 0 Å². The predicted molar refractivity (Wildman–Crippen MR) is 86.3 cm³/mol. The van der Waals surface area contributed by atoms with Crippen molar-refractivity contribution in [3.05, 3.63) is 58.1 Å². The maximum absolute atomic E-state index is 11.6. The van der Waals surface area contributed by atoms with E-state index < -0.39 is 5.97 Å². The fourth-order valence-electron chi connectivity index (χ4n) is 1.80. The lowest BCUT2D eigenvalue weighted by Gasteiger charge is -2.07. The summed E-state index contributed by atoms with van der Waals surface area (Å²) in [6.07, 6.45) is 0.473. The van der Waals surface area contributed by atoms with Gasteiger partial charge in [-0.05, 0) is 30.3 Å². The van der Waals surface area contributed by atoms with Crippen LogP contribution in [0.15, 0.2) is 56.7 Å². The van der Waals surface area contributed by atoms with Crippen molar-refractivity contribution in [3.8, 4) is 0 Å². The van der Waals surface area contributed by atoms with E-state index in [-0.39, 0.29) is 11.3 Å². The summed E-state index contributed by atoms with van der Waals surface area (Å²) >= 11 is 4.71. The van der Waals surface area contributed by atoms with Gasteiger partial charge in [-0.3, -0.25) is 4.79 Å². The lowest BCUT2D eigenvalue weighted by molar-refractivity contribution is 0.0693. The summed E-state index contributed by atoms with van der Waals surface area (Å²) in [6.45, 7) is 1.83. The zero-order chi connectivity index (χ0) is 15.4. The first-order valence-corrected chi connectivity index (χ1v) is 7.96. The third-order valence-electron chi connectivity index (χ3n) is 2.90. The second-order valence-electron chi connectivity index (χ2n) is 4.35. The molecule has 1 N–H and O–H groups in total. The molecule has 2 aromatic rings. The second-order valence-corrected chi connectivity index (χ2v) is 6.38. The molecule has 108 valence electrons. The first-order chi connectivity index (χ1) is 10.0. The van der Waals surface area contributed by atoms with Gasteiger partial charge in [0.25, 0.3) is 0 Å². The molecule has 0 atom stereocenters. The molecule has 0 aliphatic rings. The third-order valence-corrected chi connectivity index (χ3v) is 4.46. The van der Waals surface area contributed by atoms with Gasteiger partial charge in [0.05, 0.1) is 5.56 Å². The Morgan fingerprint density at radius 2 is 1.81 bits per heavy atom. The SMILES string of the molecule is CCC(=O)c1ccc(Sc2cc(Br)ccc2C(=O)O)cc1. The van der Waals surface area contributed by atoms with Gasteiger partial charge in [0, 0.05) is 26.2 Å². The first-order valence-electron chi connectivity index (χ1n) is 6.35. The van der Waals surface area contributed by atoms with E-state index in [4.69, 9.17) is 0 Å². The van der Waals surface area contributed by atoms with Crippen molar-refractivity contribution in [1.82, 2.24) is 0 Å². The minimum atomic E-state index is -0.956. The number of carbonyl (C=O) groups excluding carboxylic acids is 1. The number of halogens is 1. The van der Waals surface area contributed by atoms with Crippen LogP contribution < -0.4 is 0 Å². The van der Waals surface area contributed by atoms with Crippen LogP contribution in [0.1, 0.15) is 34.1 Å². The number of hydrogen-bond donors (Lipinski definition) is 1. The summed E-state index contributed by atoms with van der Waals surface area (Å²) in [7, 11) is 0. The number of carbonyl (C=O) groups is 2.